The Morgan fingerprint density at radius 2 is 1.73 bits per heavy atom. The van der Waals surface area contributed by atoms with E-state index in [0.29, 0.717) is 45.4 Å². The molecule has 0 atom stereocenters. The summed E-state index contributed by atoms with van der Waals surface area (Å²) in [7, 11) is 7.70. The molecule has 30 heavy (non-hydrogen) atoms. The summed E-state index contributed by atoms with van der Waals surface area (Å²) in [6.07, 6.45) is 1.05. The van der Waals surface area contributed by atoms with Gasteiger partial charge < -0.3 is 28.6 Å². The quantitative estimate of drug-likeness (QED) is 0.691. The molecule has 2 aromatic rings. The number of rotatable bonds is 5. The molecule has 0 N–H and O–H groups in total. The Hall–Kier alpha value is -3.68. The highest BCUT2D eigenvalue weighted by atomic mass is 16.6. The van der Waals surface area contributed by atoms with Crippen molar-refractivity contribution in [3.63, 3.8) is 0 Å². The highest BCUT2D eigenvalue weighted by Gasteiger charge is 2.31. The zero-order chi connectivity index (χ0) is 22.0. The fourth-order valence-electron chi connectivity index (χ4n) is 3.11. The Bertz CT molecular complexity index is 1040. The molecule has 0 aromatic heterocycles. The van der Waals surface area contributed by atoms with Crippen molar-refractivity contribution < 1.29 is 33.3 Å². The van der Waals surface area contributed by atoms with Gasteiger partial charge in [0.05, 0.1) is 26.9 Å². The number of hydrogen-bond donors (Lipinski definition) is 0. The van der Waals surface area contributed by atoms with Crippen LogP contribution in [0.3, 0.4) is 0 Å². The maximum absolute atomic E-state index is 12.9. The second kappa shape index (κ2) is 8.36. The predicted octanol–water partition coefficient (Wildman–Crippen LogP) is 3.70. The van der Waals surface area contributed by atoms with Gasteiger partial charge in [-0.2, -0.15) is 0 Å². The molecule has 0 spiro atoms. The topological polar surface area (TPSA) is 83.5 Å². The maximum Gasteiger partial charge on any atom is 0.414 e. The van der Waals surface area contributed by atoms with E-state index in [9.17, 15) is 9.59 Å². The summed E-state index contributed by atoms with van der Waals surface area (Å²) in [5.41, 5.74) is 1.65. The minimum atomic E-state index is -0.524. The largest absolute Gasteiger partial charge is 0.493 e. The standard InChI is InChI=1S/C22H23NO7/c1-12-9-14(29-22(25)23(2)3)11-16-18(12)19(24)17(30-16)10-13-7-8-15(26-4)21(28-6)20(13)27-5/h7-11H,1-6H3. The highest BCUT2D eigenvalue weighted by Crippen LogP contribution is 2.42. The zero-order valence-corrected chi connectivity index (χ0v) is 17.7. The Morgan fingerprint density at radius 3 is 2.33 bits per heavy atom. The molecule has 1 aliphatic heterocycles. The van der Waals surface area contributed by atoms with E-state index in [4.69, 9.17) is 23.7 Å². The van der Waals surface area contributed by atoms with Gasteiger partial charge in [-0.3, -0.25) is 4.79 Å². The summed E-state index contributed by atoms with van der Waals surface area (Å²) in [4.78, 5) is 26.1. The molecule has 0 saturated carbocycles. The molecule has 0 fully saturated rings. The molecule has 158 valence electrons. The van der Waals surface area contributed by atoms with Crippen molar-refractivity contribution in [1.82, 2.24) is 4.90 Å². The molecule has 0 aliphatic carbocycles. The number of allylic oxidation sites excluding steroid dienone is 1. The van der Waals surface area contributed by atoms with E-state index in [2.05, 4.69) is 0 Å². The molecule has 1 aliphatic rings. The van der Waals surface area contributed by atoms with Gasteiger partial charge in [0.2, 0.25) is 11.5 Å². The number of methoxy groups -OCH3 is 3. The van der Waals surface area contributed by atoms with E-state index in [0.717, 1.165) is 0 Å². The Labute approximate surface area is 174 Å². The number of hydrogen-bond acceptors (Lipinski definition) is 7. The lowest BCUT2D eigenvalue weighted by Gasteiger charge is -2.14. The Balaban J connectivity index is 1.99. The van der Waals surface area contributed by atoms with Crippen molar-refractivity contribution in [2.75, 3.05) is 35.4 Å². The molecule has 0 bridgehead atoms. The van der Waals surface area contributed by atoms with Gasteiger partial charge in [-0.1, -0.05) is 0 Å². The van der Waals surface area contributed by atoms with Crippen molar-refractivity contribution in [2.24, 2.45) is 0 Å². The summed E-state index contributed by atoms with van der Waals surface area (Å²) in [5.74, 6) is 1.79. The van der Waals surface area contributed by atoms with Crippen molar-refractivity contribution in [3.8, 4) is 28.7 Å². The molecule has 1 heterocycles. The molecule has 0 unspecified atom stereocenters. The van der Waals surface area contributed by atoms with Gasteiger partial charge >= 0.3 is 6.09 Å². The van der Waals surface area contributed by atoms with Gasteiger partial charge in [-0.25, -0.2) is 4.79 Å². The van der Waals surface area contributed by atoms with Crippen molar-refractivity contribution in [2.45, 2.75) is 6.92 Å². The predicted molar refractivity (Wildman–Crippen MR) is 110 cm³/mol. The molecule has 3 rings (SSSR count). The van der Waals surface area contributed by atoms with Gasteiger partial charge in [0.1, 0.15) is 11.5 Å². The van der Waals surface area contributed by atoms with Crippen LogP contribution < -0.4 is 23.7 Å². The van der Waals surface area contributed by atoms with Gasteiger partial charge in [-0.15, -0.1) is 0 Å². The minimum Gasteiger partial charge on any atom is -0.493 e. The first-order valence-electron chi connectivity index (χ1n) is 9.07. The first kappa shape index (κ1) is 21.0. The Kier molecular flexibility index (Phi) is 5.86. The molecular formula is C22H23NO7. The highest BCUT2D eigenvalue weighted by molar-refractivity contribution is 6.15. The number of ether oxygens (including phenoxy) is 5. The van der Waals surface area contributed by atoms with Crippen LogP contribution in [0.2, 0.25) is 0 Å². The van der Waals surface area contributed by atoms with E-state index in [1.807, 2.05) is 0 Å². The van der Waals surface area contributed by atoms with Crippen LogP contribution in [0.4, 0.5) is 4.79 Å². The Morgan fingerprint density at radius 1 is 1.03 bits per heavy atom. The third-order valence-electron chi connectivity index (χ3n) is 4.54. The number of aryl methyl sites for hydroxylation is 1. The smallest absolute Gasteiger partial charge is 0.414 e. The molecule has 0 radical (unpaired) electrons. The molecular weight excluding hydrogens is 390 g/mol. The first-order valence-corrected chi connectivity index (χ1v) is 9.07. The average molecular weight is 413 g/mol. The lowest BCUT2D eigenvalue weighted by atomic mass is 10.0. The normalized spacial score (nSPS) is 13.5. The number of benzene rings is 2. The molecule has 8 heteroatoms. The number of amides is 1. The second-order valence-corrected chi connectivity index (χ2v) is 6.74. The first-order chi connectivity index (χ1) is 14.3. The van der Waals surface area contributed by atoms with Gasteiger partial charge in [0, 0.05) is 25.7 Å². The van der Waals surface area contributed by atoms with Crippen LogP contribution in [0.1, 0.15) is 21.5 Å². The second-order valence-electron chi connectivity index (χ2n) is 6.74. The van der Waals surface area contributed by atoms with Gasteiger partial charge in [0.25, 0.3) is 0 Å². The minimum absolute atomic E-state index is 0.120. The van der Waals surface area contributed by atoms with Crippen LogP contribution in [0.5, 0.6) is 28.7 Å². The van der Waals surface area contributed by atoms with Crippen LogP contribution in [0, 0.1) is 6.92 Å². The summed E-state index contributed by atoms with van der Waals surface area (Å²) < 4.78 is 27.2. The summed E-state index contributed by atoms with van der Waals surface area (Å²) in [6, 6.07) is 6.60. The summed E-state index contributed by atoms with van der Waals surface area (Å²) in [6.45, 7) is 1.76. The number of fused-ring (bicyclic) bond motifs is 1. The van der Waals surface area contributed by atoms with Crippen LogP contribution >= 0.6 is 0 Å². The van der Waals surface area contributed by atoms with Crippen molar-refractivity contribution >= 4 is 18.0 Å². The third-order valence-corrected chi connectivity index (χ3v) is 4.54. The number of carbonyl (C=O) groups excluding carboxylic acids is 2. The van der Waals surface area contributed by atoms with Crippen LogP contribution in [-0.4, -0.2) is 52.2 Å². The zero-order valence-electron chi connectivity index (χ0n) is 17.7. The van der Waals surface area contributed by atoms with Crippen molar-refractivity contribution in [3.05, 3.63) is 46.7 Å². The van der Waals surface area contributed by atoms with Gasteiger partial charge in [0.15, 0.2) is 17.3 Å². The molecule has 2 aromatic carbocycles. The average Bonchev–Trinajstić information content (AvgIpc) is 3.02. The molecule has 8 nitrogen and oxygen atoms in total. The summed E-state index contributed by atoms with van der Waals surface area (Å²) in [5, 5.41) is 0. The van der Waals surface area contributed by atoms with Gasteiger partial charge in [-0.05, 0) is 36.8 Å². The van der Waals surface area contributed by atoms with E-state index in [-0.39, 0.29) is 11.5 Å². The number of carbonyl (C=O) groups is 2. The van der Waals surface area contributed by atoms with Crippen LogP contribution in [-0.2, 0) is 0 Å². The third kappa shape index (κ3) is 3.76. The van der Waals surface area contributed by atoms with E-state index >= 15 is 0 Å². The number of Topliss-reactive ketones (excluding diaryl/α,β-unsaturated/α-hetero) is 1. The number of ketones is 1. The van der Waals surface area contributed by atoms with E-state index in [1.165, 1.54) is 32.3 Å². The van der Waals surface area contributed by atoms with Crippen LogP contribution in [0.15, 0.2) is 30.0 Å². The molecule has 1 amide bonds. The maximum atomic E-state index is 12.9. The van der Waals surface area contributed by atoms with Crippen molar-refractivity contribution in [1.29, 1.82) is 0 Å². The van der Waals surface area contributed by atoms with Crippen LogP contribution in [0.25, 0.3) is 6.08 Å². The monoisotopic (exact) mass is 413 g/mol. The van der Waals surface area contributed by atoms with E-state index in [1.54, 1.807) is 45.3 Å². The fourth-order valence-corrected chi connectivity index (χ4v) is 3.11. The molecule has 0 saturated heterocycles. The van der Waals surface area contributed by atoms with E-state index < -0.39 is 6.09 Å². The number of nitrogens with zero attached hydrogens (tertiary/aromatic N) is 1. The SMILES string of the molecule is COc1ccc(C=C2Oc3cc(OC(=O)N(C)C)cc(C)c3C2=O)c(OC)c1OC. The summed E-state index contributed by atoms with van der Waals surface area (Å²) >= 11 is 0. The fraction of sp³-hybridized carbons (Fsp3) is 0.273. The lowest BCUT2D eigenvalue weighted by molar-refractivity contribution is 0.101. The lowest BCUT2D eigenvalue weighted by Crippen LogP contribution is -2.25.